The van der Waals surface area contributed by atoms with Gasteiger partial charge in [0.1, 0.15) is 0 Å². The Morgan fingerprint density at radius 3 is 2.92 bits per heavy atom. The number of aliphatic hydroxyl groups is 1. The van der Waals surface area contributed by atoms with Gasteiger partial charge in [-0.05, 0) is 18.6 Å². The smallest absolute Gasteiger partial charge is 0.0906 e. The molecule has 0 saturated carbocycles. The molecule has 0 spiro atoms. The summed E-state index contributed by atoms with van der Waals surface area (Å²) in [6.07, 6.45) is 2.10. The van der Waals surface area contributed by atoms with Gasteiger partial charge in [-0.15, -0.1) is 0 Å². The Kier molecular flexibility index (Phi) is 3.24. The van der Waals surface area contributed by atoms with Crippen molar-refractivity contribution >= 4 is 0 Å². The van der Waals surface area contributed by atoms with Crippen LogP contribution >= 0.6 is 0 Å². The van der Waals surface area contributed by atoms with Gasteiger partial charge in [-0.1, -0.05) is 6.07 Å². The number of aromatic nitrogens is 1. The largest absolute Gasteiger partial charge is 0.396 e. The first-order chi connectivity index (χ1) is 5.88. The minimum Gasteiger partial charge on any atom is -0.396 e. The molecule has 3 heteroatoms. The number of rotatable bonds is 3. The highest BCUT2D eigenvalue weighted by molar-refractivity contribution is 5.16. The minimum atomic E-state index is -0.281. The lowest BCUT2D eigenvalue weighted by Gasteiger charge is -2.04. The Morgan fingerprint density at radius 1 is 1.58 bits per heavy atom. The SMILES string of the molecule is N#CC(CCO)c1ccccn1. The van der Waals surface area contributed by atoms with Crippen molar-refractivity contribution in [2.45, 2.75) is 12.3 Å². The third-order valence-corrected chi connectivity index (χ3v) is 1.62. The molecule has 62 valence electrons. The second kappa shape index (κ2) is 4.47. The van der Waals surface area contributed by atoms with E-state index in [-0.39, 0.29) is 12.5 Å². The first kappa shape index (κ1) is 8.69. The number of aliphatic hydroxyl groups excluding tert-OH is 1. The van der Waals surface area contributed by atoms with Gasteiger partial charge in [-0.2, -0.15) is 5.26 Å². The summed E-state index contributed by atoms with van der Waals surface area (Å²) in [5, 5.41) is 17.4. The Morgan fingerprint density at radius 2 is 2.42 bits per heavy atom. The maximum absolute atomic E-state index is 8.71. The van der Waals surface area contributed by atoms with E-state index in [4.69, 9.17) is 10.4 Å². The molecule has 0 radical (unpaired) electrons. The summed E-state index contributed by atoms with van der Waals surface area (Å²) < 4.78 is 0. The van der Waals surface area contributed by atoms with Gasteiger partial charge in [0.15, 0.2) is 0 Å². The lowest BCUT2D eigenvalue weighted by atomic mass is 10.0. The van der Waals surface area contributed by atoms with Crippen LogP contribution < -0.4 is 0 Å². The fraction of sp³-hybridized carbons (Fsp3) is 0.333. The van der Waals surface area contributed by atoms with Crippen LogP contribution in [-0.2, 0) is 0 Å². The third kappa shape index (κ3) is 2.04. The fourth-order valence-electron chi connectivity index (χ4n) is 0.990. The molecule has 1 rings (SSSR count). The van der Waals surface area contributed by atoms with Crippen LogP contribution in [0.5, 0.6) is 0 Å². The molecule has 0 aliphatic heterocycles. The maximum atomic E-state index is 8.71. The minimum absolute atomic E-state index is 0.0226. The van der Waals surface area contributed by atoms with Crippen molar-refractivity contribution in [1.82, 2.24) is 4.98 Å². The van der Waals surface area contributed by atoms with Gasteiger partial charge < -0.3 is 5.11 Å². The number of pyridine rings is 1. The quantitative estimate of drug-likeness (QED) is 0.723. The highest BCUT2D eigenvalue weighted by atomic mass is 16.3. The summed E-state index contributed by atoms with van der Waals surface area (Å²) in [5.74, 6) is -0.281. The summed E-state index contributed by atoms with van der Waals surface area (Å²) in [7, 11) is 0. The van der Waals surface area contributed by atoms with E-state index < -0.39 is 0 Å². The van der Waals surface area contributed by atoms with E-state index in [1.807, 2.05) is 6.07 Å². The molecule has 12 heavy (non-hydrogen) atoms. The third-order valence-electron chi connectivity index (χ3n) is 1.62. The number of nitrogens with zero attached hydrogens (tertiary/aromatic N) is 2. The topological polar surface area (TPSA) is 56.9 Å². The molecule has 1 heterocycles. The van der Waals surface area contributed by atoms with E-state index in [1.54, 1.807) is 18.3 Å². The Hall–Kier alpha value is -1.40. The molecule has 0 amide bonds. The number of hydrogen-bond donors (Lipinski definition) is 1. The Bertz CT molecular complexity index is 266. The van der Waals surface area contributed by atoms with Crippen LogP contribution in [0.15, 0.2) is 24.4 Å². The number of hydrogen-bond acceptors (Lipinski definition) is 3. The molecule has 0 fully saturated rings. The standard InChI is InChI=1S/C9H10N2O/c10-7-8(4-6-12)9-3-1-2-5-11-9/h1-3,5,8,12H,4,6H2. The lowest BCUT2D eigenvalue weighted by Crippen LogP contribution is -2.00. The van der Waals surface area contributed by atoms with E-state index >= 15 is 0 Å². The molecule has 0 aliphatic carbocycles. The zero-order valence-corrected chi connectivity index (χ0v) is 6.64. The fourth-order valence-corrected chi connectivity index (χ4v) is 0.990. The van der Waals surface area contributed by atoms with Gasteiger partial charge in [-0.3, -0.25) is 4.98 Å². The van der Waals surface area contributed by atoms with Crippen molar-refractivity contribution in [2.75, 3.05) is 6.61 Å². The van der Waals surface area contributed by atoms with Crippen LogP contribution in [0.2, 0.25) is 0 Å². The lowest BCUT2D eigenvalue weighted by molar-refractivity contribution is 0.283. The summed E-state index contributed by atoms with van der Waals surface area (Å²) in [5.41, 5.74) is 0.731. The molecule has 3 nitrogen and oxygen atoms in total. The molecule has 1 unspecified atom stereocenters. The van der Waals surface area contributed by atoms with Crippen molar-refractivity contribution in [3.05, 3.63) is 30.1 Å². The molecule has 1 N–H and O–H groups in total. The summed E-state index contributed by atoms with van der Waals surface area (Å²) in [4.78, 5) is 4.03. The van der Waals surface area contributed by atoms with Gasteiger partial charge >= 0.3 is 0 Å². The molecule has 0 aliphatic rings. The van der Waals surface area contributed by atoms with Gasteiger partial charge in [0.25, 0.3) is 0 Å². The van der Waals surface area contributed by atoms with Crippen LogP contribution in [0, 0.1) is 11.3 Å². The first-order valence-corrected chi connectivity index (χ1v) is 3.80. The maximum Gasteiger partial charge on any atom is 0.0906 e. The average Bonchev–Trinajstić information content (AvgIpc) is 2.15. The van der Waals surface area contributed by atoms with Crippen molar-refractivity contribution < 1.29 is 5.11 Å². The predicted molar refractivity (Wildman–Crippen MR) is 44.3 cm³/mol. The highest BCUT2D eigenvalue weighted by Crippen LogP contribution is 2.14. The Balaban J connectivity index is 2.75. The van der Waals surface area contributed by atoms with Crippen molar-refractivity contribution in [3.63, 3.8) is 0 Å². The van der Waals surface area contributed by atoms with Crippen LogP contribution in [0.25, 0.3) is 0 Å². The second-order valence-corrected chi connectivity index (χ2v) is 2.45. The van der Waals surface area contributed by atoms with Crippen LogP contribution in [-0.4, -0.2) is 16.7 Å². The van der Waals surface area contributed by atoms with Crippen LogP contribution in [0.3, 0.4) is 0 Å². The monoisotopic (exact) mass is 162 g/mol. The van der Waals surface area contributed by atoms with Gasteiger partial charge in [-0.25, -0.2) is 0 Å². The predicted octanol–water partition coefficient (Wildman–Crippen LogP) is 1.07. The number of nitriles is 1. The van der Waals surface area contributed by atoms with Gasteiger partial charge in [0.2, 0.25) is 0 Å². The zero-order valence-electron chi connectivity index (χ0n) is 6.64. The van der Waals surface area contributed by atoms with E-state index in [2.05, 4.69) is 11.1 Å². The molecular formula is C9H10N2O. The van der Waals surface area contributed by atoms with Crippen LogP contribution in [0.1, 0.15) is 18.0 Å². The molecular weight excluding hydrogens is 152 g/mol. The average molecular weight is 162 g/mol. The van der Waals surface area contributed by atoms with E-state index in [1.165, 1.54) is 0 Å². The van der Waals surface area contributed by atoms with Gasteiger partial charge in [0, 0.05) is 12.8 Å². The first-order valence-electron chi connectivity index (χ1n) is 3.80. The molecule has 1 atom stereocenters. The molecule has 0 aromatic carbocycles. The molecule has 0 saturated heterocycles. The van der Waals surface area contributed by atoms with Crippen molar-refractivity contribution in [3.8, 4) is 6.07 Å². The van der Waals surface area contributed by atoms with Crippen molar-refractivity contribution in [1.29, 1.82) is 5.26 Å². The Labute approximate surface area is 71.3 Å². The molecule has 1 aromatic heterocycles. The zero-order chi connectivity index (χ0) is 8.81. The van der Waals surface area contributed by atoms with Crippen LogP contribution in [0.4, 0.5) is 0 Å². The van der Waals surface area contributed by atoms with Crippen molar-refractivity contribution in [2.24, 2.45) is 0 Å². The normalized spacial score (nSPS) is 12.0. The molecule has 0 bridgehead atoms. The molecule has 1 aromatic rings. The highest BCUT2D eigenvalue weighted by Gasteiger charge is 2.09. The van der Waals surface area contributed by atoms with E-state index in [0.717, 1.165) is 5.69 Å². The second-order valence-electron chi connectivity index (χ2n) is 2.45. The summed E-state index contributed by atoms with van der Waals surface area (Å²) in [6.45, 7) is 0.0226. The van der Waals surface area contributed by atoms with E-state index in [0.29, 0.717) is 6.42 Å². The summed E-state index contributed by atoms with van der Waals surface area (Å²) in [6, 6.07) is 7.53. The summed E-state index contributed by atoms with van der Waals surface area (Å²) >= 11 is 0. The van der Waals surface area contributed by atoms with Gasteiger partial charge in [0.05, 0.1) is 17.7 Å². The van der Waals surface area contributed by atoms with E-state index in [9.17, 15) is 0 Å².